The first-order chi connectivity index (χ1) is 13.3. The maximum absolute atomic E-state index is 13.7. The van der Waals surface area contributed by atoms with Crippen LogP contribution in [-0.4, -0.2) is 43.9 Å². The second kappa shape index (κ2) is 8.52. The average molecular weight is 464 g/mol. The molecule has 0 amide bonds. The van der Waals surface area contributed by atoms with Crippen LogP contribution >= 0.6 is 15.9 Å². The lowest BCUT2D eigenvalue weighted by atomic mass is 10.1. The molecule has 1 aliphatic heterocycles. The molecule has 1 heterocycles. The molecule has 1 fully saturated rings. The van der Waals surface area contributed by atoms with Gasteiger partial charge in [0.15, 0.2) is 6.19 Å². The minimum Gasteiger partial charge on any atom is -0.495 e. The number of aryl methyl sites for hydroxylation is 1. The van der Waals surface area contributed by atoms with Gasteiger partial charge in [-0.1, -0.05) is 45.8 Å². The van der Waals surface area contributed by atoms with Crippen LogP contribution in [0, 0.1) is 18.4 Å². The molecule has 8 heteroatoms. The molecule has 0 aromatic heterocycles. The van der Waals surface area contributed by atoms with Crippen molar-refractivity contribution >= 4 is 26.0 Å². The van der Waals surface area contributed by atoms with Gasteiger partial charge in [-0.3, -0.25) is 0 Å². The van der Waals surface area contributed by atoms with Crippen molar-refractivity contribution < 1.29 is 13.2 Å². The minimum atomic E-state index is -3.85. The summed E-state index contributed by atoms with van der Waals surface area (Å²) in [5.74, 6) is 0.299. The Morgan fingerprint density at radius 2 is 2.11 bits per heavy atom. The standard InChI is InChI=1S/C20H22BrN3O3S/c1-15-4-3-5-16(10-15)12-24(18-8-9-23(13-18)14-22)28(25,26)20-11-17(21)6-7-19(20)27-2/h3-7,10-11,18H,8-9,12-13H2,1-2H3. The number of sulfonamides is 1. The number of methoxy groups -OCH3 is 1. The van der Waals surface area contributed by atoms with Gasteiger partial charge in [0, 0.05) is 30.1 Å². The first-order valence-corrected chi connectivity index (χ1v) is 11.1. The van der Waals surface area contributed by atoms with Crippen LogP contribution in [0.3, 0.4) is 0 Å². The van der Waals surface area contributed by atoms with Crippen LogP contribution in [-0.2, 0) is 16.6 Å². The summed E-state index contributed by atoms with van der Waals surface area (Å²) in [6.07, 6.45) is 2.73. The van der Waals surface area contributed by atoms with Gasteiger partial charge < -0.3 is 9.64 Å². The first kappa shape index (κ1) is 20.6. The molecule has 0 bridgehead atoms. The van der Waals surface area contributed by atoms with Crippen LogP contribution < -0.4 is 4.74 Å². The van der Waals surface area contributed by atoms with E-state index >= 15 is 0 Å². The van der Waals surface area contributed by atoms with Gasteiger partial charge in [-0.15, -0.1) is 0 Å². The van der Waals surface area contributed by atoms with E-state index in [-0.39, 0.29) is 17.5 Å². The van der Waals surface area contributed by atoms with E-state index in [1.807, 2.05) is 31.2 Å². The van der Waals surface area contributed by atoms with Gasteiger partial charge in [0.2, 0.25) is 10.0 Å². The third-order valence-electron chi connectivity index (χ3n) is 4.85. The second-order valence-electron chi connectivity index (χ2n) is 6.82. The van der Waals surface area contributed by atoms with Crippen LogP contribution in [0.1, 0.15) is 17.5 Å². The summed E-state index contributed by atoms with van der Waals surface area (Å²) in [7, 11) is -2.39. The Hall–Kier alpha value is -2.08. The molecule has 6 nitrogen and oxygen atoms in total. The number of halogens is 1. The third-order valence-corrected chi connectivity index (χ3v) is 7.26. The molecule has 0 radical (unpaired) electrons. The number of nitrogens with zero attached hydrogens (tertiary/aromatic N) is 3. The fraction of sp³-hybridized carbons (Fsp3) is 0.350. The van der Waals surface area contributed by atoms with Crippen LogP contribution in [0.4, 0.5) is 0 Å². The number of nitriles is 1. The monoisotopic (exact) mass is 463 g/mol. The van der Waals surface area contributed by atoms with E-state index < -0.39 is 10.0 Å². The predicted molar refractivity (Wildman–Crippen MR) is 110 cm³/mol. The van der Waals surface area contributed by atoms with Crippen molar-refractivity contribution in [3.05, 3.63) is 58.1 Å². The molecule has 0 N–H and O–H groups in total. The van der Waals surface area contributed by atoms with E-state index in [2.05, 4.69) is 22.1 Å². The van der Waals surface area contributed by atoms with Crippen molar-refractivity contribution in [2.24, 2.45) is 0 Å². The highest BCUT2D eigenvalue weighted by atomic mass is 79.9. The predicted octanol–water partition coefficient (Wildman–Crippen LogP) is 3.51. The SMILES string of the molecule is COc1ccc(Br)cc1S(=O)(=O)N(Cc1cccc(C)c1)C1CCN(C#N)C1. The first-order valence-electron chi connectivity index (χ1n) is 8.90. The molecule has 148 valence electrons. The van der Waals surface area contributed by atoms with E-state index in [9.17, 15) is 13.7 Å². The Balaban J connectivity index is 2.05. The Kier molecular flexibility index (Phi) is 6.28. The van der Waals surface area contributed by atoms with E-state index in [1.165, 1.54) is 11.4 Å². The fourth-order valence-corrected chi connectivity index (χ4v) is 5.78. The molecule has 28 heavy (non-hydrogen) atoms. The quantitative estimate of drug-likeness (QED) is 0.612. The lowest BCUT2D eigenvalue weighted by Gasteiger charge is -2.28. The zero-order valence-corrected chi connectivity index (χ0v) is 18.2. The molecule has 1 aliphatic rings. The highest BCUT2D eigenvalue weighted by Gasteiger charge is 2.37. The lowest BCUT2D eigenvalue weighted by Crippen LogP contribution is -2.41. The van der Waals surface area contributed by atoms with Crippen molar-refractivity contribution in [1.29, 1.82) is 5.26 Å². The number of rotatable bonds is 6. The summed E-state index contributed by atoms with van der Waals surface area (Å²) in [5, 5.41) is 9.21. The van der Waals surface area contributed by atoms with Crippen LogP contribution in [0.15, 0.2) is 51.8 Å². The van der Waals surface area contributed by atoms with Gasteiger partial charge in [-0.25, -0.2) is 8.42 Å². The number of hydrogen-bond donors (Lipinski definition) is 0. The maximum Gasteiger partial charge on any atom is 0.247 e. The number of benzene rings is 2. The van der Waals surface area contributed by atoms with Gasteiger partial charge in [-0.05, 0) is 37.1 Å². The highest BCUT2D eigenvalue weighted by molar-refractivity contribution is 9.10. The Morgan fingerprint density at radius 1 is 1.32 bits per heavy atom. The molecule has 1 saturated heterocycles. The topological polar surface area (TPSA) is 73.6 Å². The summed E-state index contributed by atoms with van der Waals surface area (Å²) in [6.45, 7) is 3.16. The van der Waals surface area contributed by atoms with Gasteiger partial charge in [0.1, 0.15) is 10.6 Å². The highest BCUT2D eigenvalue weighted by Crippen LogP contribution is 2.33. The minimum absolute atomic E-state index is 0.118. The molecule has 0 saturated carbocycles. The Morgan fingerprint density at radius 3 is 2.75 bits per heavy atom. The molecule has 2 aromatic carbocycles. The van der Waals surface area contributed by atoms with Crippen molar-refractivity contribution in [2.75, 3.05) is 20.2 Å². The van der Waals surface area contributed by atoms with Gasteiger partial charge >= 0.3 is 0 Å². The van der Waals surface area contributed by atoms with Crippen LogP contribution in [0.2, 0.25) is 0 Å². The molecular weight excluding hydrogens is 442 g/mol. The molecule has 1 atom stereocenters. The number of hydrogen-bond acceptors (Lipinski definition) is 5. The van der Waals surface area contributed by atoms with Crippen LogP contribution in [0.25, 0.3) is 0 Å². The van der Waals surface area contributed by atoms with E-state index in [4.69, 9.17) is 4.74 Å². The van der Waals surface area contributed by atoms with Crippen molar-refractivity contribution in [3.8, 4) is 11.9 Å². The molecule has 0 spiro atoms. The second-order valence-corrected chi connectivity index (χ2v) is 9.60. The maximum atomic E-state index is 13.7. The van der Waals surface area contributed by atoms with Crippen molar-refractivity contribution in [2.45, 2.75) is 30.8 Å². The molecule has 2 aromatic rings. The molecule has 3 rings (SSSR count). The van der Waals surface area contributed by atoms with E-state index in [0.29, 0.717) is 29.7 Å². The summed E-state index contributed by atoms with van der Waals surface area (Å²) in [5.41, 5.74) is 1.98. The molecule has 1 unspecified atom stereocenters. The summed E-state index contributed by atoms with van der Waals surface area (Å²) in [4.78, 5) is 1.72. The normalized spacial score (nSPS) is 17.0. The Labute approximate surface area is 174 Å². The van der Waals surface area contributed by atoms with E-state index in [0.717, 1.165) is 11.1 Å². The van der Waals surface area contributed by atoms with Gasteiger partial charge in [-0.2, -0.15) is 9.57 Å². The Bertz CT molecular complexity index is 1000. The largest absolute Gasteiger partial charge is 0.495 e. The lowest BCUT2D eigenvalue weighted by molar-refractivity contribution is 0.312. The fourth-order valence-electron chi connectivity index (χ4n) is 3.45. The zero-order chi connectivity index (χ0) is 20.3. The van der Waals surface area contributed by atoms with E-state index in [1.54, 1.807) is 23.1 Å². The van der Waals surface area contributed by atoms with Gasteiger partial charge in [0.05, 0.1) is 7.11 Å². The average Bonchev–Trinajstić information content (AvgIpc) is 3.14. The zero-order valence-electron chi connectivity index (χ0n) is 15.8. The van der Waals surface area contributed by atoms with Gasteiger partial charge in [0.25, 0.3) is 0 Å². The molecular formula is C20H22BrN3O3S. The number of ether oxygens (including phenoxy) is 1. The smallest absolute Gasteiger partial charge is 0.247 e. The molecule has 0 aliphatic carbocycles. The van der Waals surface area contributed by atoms with Crippen molar-refractivity contribution in [1.82, 2.24) is 9.21 Å². The summed E-state index contributed by atoms with van der Waals surface area (Å²) >= 11 is 3.36. The van der Waals surface area contributed by atoms with Crippen molar-refractivity contribution in [3.63, 3.8) is 0 Å². The van der Waals surface area contributed by atoms with Crippen LogP contribution in [0.5, 0.6) is 5.75 Å². The number of likely N-dealkylation sites (tertiary alicyclic amines) is 1. The summed E-state index contributed by atoms with van der Waals surface area (Å²) in [6, 6.07) is 12.5. The third kappa shape index (κ3) is 4.32. The summed E-state index contributed by atoms with van der Waals surface area (Å²) < 4.78 is 34.8.